The van der Waals surface area contributed by atoms with Gasteiger partial charge in [0.25, 0.3) is 0 Å². The Bertz CT molecular complexity index is 713. The summed E-state index contributed by atoms with van der Waals surface area (Å²) >= 11 is 18.1. The Hall–Kier alpha value is -1.43. The zero-order valence-electron chi connectivity index (χ0n) is 11.3. The van der Waals surface area contributed by atoms with Crippen molar-refractivity contribution < 1.29 is 9.53 Å². The second-order valence-electron chi connectivity index (χ2n) is 4.16. The average molecular weight is 349 g/mol. The molecule has 2 N–H and O–H groups in total. The number of hydrogen-bond donors (Lipinski definition) is 1. The molecule has 0 radical (unpaired) electrons. The molecule has 8 heteroatoms. The predicted molar refractivity (Wildman–Crippen MR) is 83.7 cm³/mol. The van der Waals surface area contributed by atoms with Crippen LogP contribution in [0.4, 0.5) is 5.82 Å². The minimum atomic E-state index is -0.549. The van der Waals surface area contributed by atoms with Gasteiger partial charge in [-0.2, -0.15) is 5.10 Å². The molecule has 0 saturated heterocycles. The standard InChI is InChI=1S/C13H12Cl3N3O2/c1-3-7-9(13(20)21-2)12(17)19(18-7)8-5-4-6(14)10(15)11(8)16/h4-5H,3,17H2,1-2H3. The molecule has 0 aliphatic carbocycles. The lowest BCUT2D eigenvalue weighted by Crippen LogP contribution is -2.08. The number of carbonyl (C=O) groups excluding carboxylic acids is 1. The van der Waals surface area contributed by atoms with Crippen molar-refractivity contribution in [1.29, 1.82) is 0 Å². The van der Waals surface area contributed by atoms with Crippen LogP contribution in [0.3, 0.4) is 0 Å². The molecule has 112 valence electrons. The molecule has 1 aromatic heterocycles. The molecule has 0 aliphatic heterocycles. The van der Waals surface area contributed by atoms with Crippen LogP contribution in [-0.2, 0) is 11.2 Å². The Labute approximate surface area is 136 Å². The van der Waals surface area contributed by atoms with Crippen LogP contribution in [-0.4, -0.2) is 22.9 Å². The van der Waals surface area contributed by atoms with E-state index in [-0.39, 0.29) is 21.4 Å². The summed E-state index contributed by atoms with van der Waals surface area (Å²) in [5, 5.41) is 5.03. The van der Waals surface area contributed by atoms with E-state index in [1.165, 1.54) is 11.8 Å². The second kappa shape index (κ2) is 6.13. The number of aromatic nitrogens is 2. The Balaban J connectivity index is 2.69. The number of carbonyl (C=O) groups is 1. The maximum Gasteiger partial charge on any atom is 0.343 e. The van der Waals surface area contributed by atoms with Crippen LogP contribution in [0, 0.1) is 0 Å². The molecule has 0 atom stereocenters. The number of ether oxygens (including phenoxy) is 1. The van der Waals surface area contributed by atoms with Crippen LogP contribution in [0.25, 0.3) is 5.69 Å². The normalized spacial score (nSPS) is 10.7. The average Bonchev–Trinajstić information content (AvgIpc) is 2.81. The van der Waals surface area contributed by atoms with Gasteiger partial charge in [0.2, 0.25) is 0 Å². The highest BCUT2D eigenvalue weighted by molar-refractivity contribution is 6.48. The van der Waals surface area contributed by atoms with Gasteiger partial charge >= 0.3 is 5.97 Å². The molecule has 5 nitrogen and oxygen atoms in total. The third-order valence-corrected chi connectivity index (χ3v) is 4.24. The van der Waals surface area contributed by atoms with E-state index >= 15 is 0 Å². The van der Waals surface area contributed by atoms with Gasteiger partial charge in [-0.05, 0) is 18.6 Å². The van der Waals surface area contributed by atoms with Crippen molar-refractivity contribution in [3.8, 4) is 5.69 Å². The molecule has 1 aromatic carbocycles. The maximum atomic E-state index is 11.8. The molecule has 0 unspecified atom stereocenters. The number of esters is 1. The number of benzene rings is 1. The fourth-order valence-electron chi connectivity index (χ4n) is 1.91. The number of nitrogen functional groups attached to an aromatic ring is 1. The van der Waals surface area contributed by atoms with Crippen LogP contribution in [0.15, 0.2) is 12.1 Å². The lowest BCUT2D eigenvalue weighted by Gasteiger charge is -2.09. The largest absolute Gasteiger partial charge is 0.465 e. The zero-order chi connectivity index (χ0) is 15.7. The van der Waals surface area contributed by atoms with Crippen LogP contribution in [0.1, 0.15) is 23.0 Å². The quantitative estimate of drug-likeness (QED) is 0.677. The van der Waals surface area contributed by atoms with Gasteiger partial charge in [0.05, 0.1) is 33.6 Å². The number of nitrogens with two attached hydrogens (primary N) is 1. The molecule has 0 fully saturated rings. The minimum Gasteiger partial charge on any atom is -0.465 e. The molecule has 0 amide bonds. The summed E-state index contributed by atoms with van der Waals surface area (Å²) in [4.78, 5) is 11.8. The first-order chi connectivity index (χ1) is 9.92. The van der Waals surface area contributed by atoms with E-state index in [4.69, 9.17) is 45.3 Å². The number of halogens is 3. The van der Waals surface area contributed by atoms with Crippen molar-refractivity contribution in [2.45, 2.75) is 13.3 Å². The van der Waals surface area contributed by atoms with Gasteiger partial charge in [0.15, 0.2) is 0 Å². The van der Waals surface area contributed by atoms with Crippen molar-refractivity contribution >= 4 is 46.6 Å². The highest BCUT2D eigenvalue weighted by atomic mass is 35.5. The molecule has 0 saturated carbocycles. The number of methoxy groups -OCH3 is 1. The smallest absolute Gasteiger partial charge is 0.343 e. The molecule has 0 aliphatic rings. The summed E-state index contributed by atoms with van der Waals surface area (Å²) in [5.41, 5.74) is 7.19. The van der Waals surface area contributed by atoms with E-state index in [1.807, 2.05) is 6.92 Å². The first kappa shape index (κ1) is 15.9. The minimum absolute atomic E-state index is 0.138. The number of anilines is 1. The second-order valence-corrected chi connectivity index (χ2v) is 5.32. The fourth-order valence-corrected chi connectivity index (χ4v) is 2.52. The molecular formula is C13H12Cl3N3O2. The summed E-state index contributed by atoms with van der Waals surface area (Å²) in [6.45, 7) is 1.86. The molecule has 1 heterocycles. The van der Waals surface area contributed by atoms with Gasteiger partial charge < -0.3 is 10.5 Å². The van der Waals surface area contributed by atoms with Crippen molar-refractivity contribution in [2.24, 2.45) is 0 Å². The third-order valence-electron chi connectivity index (χ3n) is 2.96. The predicted octanol–water partition coefficient (Wildman–Crippen LogP) is 3.76. The molecule has 2 aromatic rings. The number of hydrogen-bond acceptors (Lipinski definition) is 4. The Kier molecular flexibility index (Phi) is 4.66. The third kappa shape index (κ3) is 2.69. The highest BCUT2D eigenvalue weighted by Gasteiger charge is 2.24. The Morgan fingerprint density at radius 1 is 1.33 bits per heavy atom. The topological polar surface area (TPSA) is 70.1 Å². The summed E-state index contributed by atoms with van der Waals surface area (Å²) in [6, 6.07) is 3.20. The van der Waals surface area contributed by atoms with E-state index in [0.717, 1.165) is 0 Å². The fraction of sp³-hybridized carbons (Fsp3) is 0.231. The lowest BCUT2D eigenvalue weighted by molar-refractivity contribution is 0.0601. The summed E-state index contributed by atoms with van der Waals surface area (Å²) in [7, 11) is 1.28. The SMILES string of the molecule is CCc1nn(-c2ccc(Cl)c(Cl)c2Cl)c(N)c1C(=O)OC. The molecule has 2 rings (SSSR count). The Morgan fingerprint density at radius 2 is 2.00 bits per heavy atom. The van der Waals surface area contributed by atoms with Crippen LogP contribution in [0.2, 0.25) is 15.1 Å². The molecule has 21 heavy (non-hydrogen) atoms. The maximum absolute atomic E-state index is 11.8. The summed E-state index contributed by atoms with van der Waals surface area (Å²) in [5.74, 6) is -0.411. The molecular weight excluding hydrogens is 337 g/mol. The van der Waals surface area contributed by atoms with Crippen LogP contribution < -0.4 is 5.73 Å². The first-order valence-corrected chi connectivity index (χ1v) is 7.15. The van der Waals surface area contributed by atoms with E-state index < -0.39 is 5.97 Å². The van der Waals surface area contributed by atoms with Crippen molar-refractivity contribution in [2.75, 3.05) is 12.8 Å². The number of nitrogens with zero attached hydrogens (tertiary/aromatic N) is 2. The summed E-state index contributed by atoms with van der Waals surface area (Å²) < 4.78 is 6.09. The van der Waals surface area contributed by atoms with Gasteiger partial charge in [0.1, 0.15) is 11.4 Å². The molecule has 0 bridgehead atoms. The molecule has 0 spiro atoms. The van der Waals surface area contributed by atoms with Gasteiger partial charge in [0, 0.05) is 0 Å². The van der Waals surface area contributed by atoms with Crippen molar-refractivity contribution in [3.63, 3.8) is 0 Å². The van der Waals surface area contributed by atoms with E-state index in [9.17, 15) is 4.79 Å². The first-order valence-electron chi connectivity index (χ1n) is 6.01. The monoisotopic (exact) mass is 347 g/mol. The zero-order valence-corrected chi connectivity index (χ0v) is 13.6. The van der Waals surface area contributed by atoms with Gasteiger partial charge in [-0.1, -0.05) is 41.7 Å². The Morgan fingerprint density at radius 3 is 2.57 bits per heavy atom. The lowest BCUT2D eigenvalue weighted by atomic mass is 10.2. The van der Waals surface area contributed by atoms with Gasteiger partial charge in [-0.3, -0.25) is 0 Å². The van der Waals surface area contributed by atoms with Crippen molar-refractivity contribution in [3.05, 3.63) is 38.5 Å². The van der Waals surface area contributed by atoms with Gasteiger partial charge in [-0.15, -0.1) is 0 Å². The number of aryl methyl sites for hydroxylation is 1. The summed E-state index contributed by atoms with van der Waals surface area (Å²) in [6.07, 6.45) is 0.514. The van der Waals surface area contributed by atoms with E-state index in [0.29, 0.717) is 22.8 Å². The highest BCUT2D eigenvalue weighted by Crippen LogP contribution is 2.36. The van der Waals surface area contributed by atoms with Gasteiger partial charge in [-0.25, -0.2) is 9.48 Å². The number of rotatable bonds is 3. The van der Waals surface area contributed by atoms with Crippen LogP contribution >= 0.6 is 34.8 Å². The van der Waals surface area contributed by atoms with Crippen molar-refractivity contribution in [1.82, 2.24) is 9.78 Å². The van der Waals surface area contributed by atoms with E-state index in [2.05, 4.69) is 5.10 Å². The van der Waals surface area contributed by atoms with E-state index in [1.54, 1.807) is 12.1 Å². The van der Waals surface area contributed by atoms with Crippen LogP contribution in [0.5, 0.6) is 0 Å².